The van der Waals surface area contributed by atoms with E-state index in [1.165, 1.54) is 47.1 Å². The van der Waals surface area contributed by atoms with Gasteiger partial charge in [-0.25, -0.2) is 19.7 Å². The minimum atomic E-state index is -1.25. The fraction of sp³-hybridized carbons (Fsp3) is 0.263. The van der Waals surface area contributed by atoms with E-state index < -0.39 is 29.2 Å². The van der Waals surface area contributed by atoms with E-state index in [9.17, 15) is 19.5 Å². The maximum absolute atomic E-state index is 13.0. The molecule has 0 radical (unpaired) electrons. The van der Waals surface area contributed by atoms with E-state index in [2.05, 4.69) is 35.6 Å². The summed E-state index contributed by atoms with van der Waals surface area (Å²) >= 11 is 3.64. The summed E-state index contributed by atoms with van der Waals surface area (Å²) in [5, 5.41) is 24.9. The molecule has 3 aromatic rings. The Balaban J connectivity index is 1.32. The summed E-state index contributed by atoms with van der Waals surface area (Å²) in [5.41, 5.74) is 12.5. The van der Waals surface area contributed by atoms with Crippen LogP contribution in [-0.2, 0) is 19.2 Å². The molecule has 2 aliphatic heterocycles. The zero-order chi connectivity index (χ0) is 26.3. The van der Waals surface area contributed by atoms with Crippen molar-refractivity contribution >= 4 is 80.3 Å². The number of β-lactam (4-membered cyclic amide) rings is 1. The van der Waals surface area contributed by atoms with Crippen LogP contribution in [0.4, 0.5) is 10.9 Å². The summed E-state index contributed by atoms with van der Waals surface area (Å²) in [4.78, 5) is 56.5. The van der Waals surface area contributed by atoms with Crippen molar-refractivity contribution in [2.24, 2.45) is 5.16 Å². The van der Waals surface area contributed by atoms with Gasteiger partial charge in [0.15, 0.2) is 21.6 Å². The van der Waals surface area contributed by atoms with E-state index in [1.807, 2.05) is 0 Å². The van der Waals surface area contributed by atoms with Gasteiger partial charge in [0.05, 0.1) is 11.6 Å². The largest absolute Gasteiger partial charge is 0.477 e. The Morgan fingerprint density at radius 2 is 2.19 bits per heavy atom. The number of thiazole rings is 1. The molecule has 0 aliphatic carbocycles. The molecule has 37 heavy (non-hydrogen) atoms. The molecular formula is C19H18N10O5S3. The standard InChI is InChI=1S/C19H18N10O5S3/c1-34-28-9(8-5-36-18(21)23-8)14(30)24-10-15(31)29-11(17(32)33)6(3-35-16(10)29)4-37-19-25-12(20)7-2-22-27-13(7)26-19/h2,5,10,16H,3-4H2,1H3,(H2,21,23)(H,24,30)(H,32,33)(H3,20,22,25,26,27)/t10-,16+/m1/s1. The van der Waals surface area contributed by atoms with Crippen LogP contribution in [0, 0.1) is 0 Å². The SMILES string of the molecule is CON=C(C(=O)N[C@@H]1C(=O)N2C(C(=O)O)=C(CSc3nc(N)c4cn[nH]c4n3)CS[C@@H]12)c1csc(N)n1. The fourth-order valence-electron chi connectivity index (χ4n) is 3.75. The normalized spacial score (nSPS) is 19.5. The van der Waals surface area contributed by atoms with Crippen molar-refractivity contribution in [3.63, 3.8) is 0 Å². The molecule has 192 valence electrons. The maximum atomic E-state index is 13.0. The Morgan fingerprint density at radius 3 is 2.89 bits per heavy atom. The molecule has 0 aromatic carbocycles. The number of oxime groups is 1. The molecule has 7 N–H and O–H groups in total. The van der Waals surface area contributed by atoms with Gasteiger partial charge in [0.2, 0.25) is 0 Å². The van der Waals surface area contributed by atoms with Gasteiger partial charge in [-0.05, 0) is 5.57 Å². The predicted octanol–water partition coefficient (Wildman–Crippen LogP) is -0.145. The molecule has 0 bridgehead atoms. The molecule has 15 nitrogen and oxygen atoms in total. The first-order valence-corrected chi connectivity index (χ1v) is 13.3. The molecule has 5 heterocycles. The predicted molar refractivity (Wildman–Crippen MR) is 137 cm³/mol. The number of nitrogens with zero attached hydrogens (tertiary/aromatic N) is 6. The number of carboxylic acid groups (broad SMARTS) is 1. The number of aromatic nitrogens is 5. The van der Waals surface area contributed by atoms with E-state index in [-0.39, 0.29) is 33.8 Å². The third kappa shape index (κ3) is 4.53. The lowest BCUT2D eigenvalue weighted by Gasteiger charge is -2.49. The highest BCUT2D eigenvalue weighted by atomic mass is 32.2. The summed E-state index contributed by atoms with van der Waals surface area (Å²) in [6.45, 7) is 0. The average molecular weight is 563 g/mol. The molecular weight excluding hydrogens is 544 g/mol. The molecule has 3 aromatic heterocycles. The van der Waals surface area contributed by atoms with Crippen LogP contribution >= 0.6 is 34.9 Å². The van der Waals surface area contributed by atoms with Crippen LogP contribution in [-0.4, -0.2) is 88.7 Å². The highest BCUT2D eigenvalue weighted by Crippen LogP contribution is 2.41. The second kappa shape index (κ2) is 9.87. The molecule has 2 amide bonds. The molecule has 18 heteroatoms. The number of carbonyl (C=O) groups is 3. The van der Waals surface area contributed by atoms with Crippen molar-refractivity contribution in [2.45, 2.75) is 16.6 Å². The summed E-state index contributed by atoms with van der Waals surface area (Å²) in [7, 11) is 1.27. The number of nitrogens with one attached hydrogen (secondary N) is 2. The second-order valence-corrected chi connectivity index (χ2v) is 10.6. The van der Waals surface area contributed by atoms with E-state index in [0.717, 1.165) is 11.3 Å². The number of hydrogen-bond donors (Lipinski definition) is 5. The number of thioether (sulfide) groups is 2. The smallest absolute Gasteiger partial charge is 0.352 e. The third-order valence-electron chi connectivity index (χ3n) is 5.39. The topological polar surface area (TPSA) is 228 Å². The number of nitrogen functional groups attached to an aromatic ring is 2. The summed E-state index contributed by atoms with van der Waals surface area (Å²) in [6.07, 6.45) is 1.52. The molecule has 1 saturated heterocycles. The molecule has 5 rings (SSSR count). The van der Waals surface area contributed by atoms with Gasteiger partial charge < -0.3 is 26.7 Å². The number of fused-ring (bicyclic) bond motifs is 2. The highest BCUT2D eigenvalue weighted by molar-refractivity contribution is 8.01. The quantitative estimate of drug-likeness (QED) is 0.0792. The first kappa shape index (κ1) is 24.8. The van der Waals surface area contributed by atoms with Crippen LogP contribution in [0.2, 0.25) is 0 Å². The molecule has 2 aliphatic rings. The van der Waals surface area contributed by atoms with Crippen LogP contribution < -0.4 is 16.8 Å². The molecule has 0 saturated carbocycles. The van der Waals surface area contributed by atoms with Crippen molar-refractivity contribution in [1.82, 2.24) is 35.4 Å². The number of nitrogens with two attached hydrogens (primary N) is 2. The Hall–Kier alpha value is -3.90. The lowest BCUT2D eigenvalue weighted by atomic mass is 10.0. The third-order valence-corrected chi connectivity index (χ3v) is 8.34. The first-order valence-electron chi connectivity index (χ1n) is 10.4. The van der Waals surface area contributed by atoms with Crippen molar-refractivity contribution in [2.75, 3.05) is 30.1 Å². The minimum absolute atomic E-state index is 0.125. The maximum Gasteiger partial charge on any atom is 0.352 e. The molecule has 2 atom stereocenters. The van der Waals surface area contributed by atoms with Crippen molar-refractivity contribution in [3.05, 3.63) is 28.5 Å². The number of carbonyl (C=O) groups excluding carboxylic acids is 2. The number of rotatable bonds is 8. The van der Waals surface area contributed by atoms with Crippen LogP contribution in [0.15, 0.2) is 33.2 Å². The molecule has 1 fully saturated rings. The minimum Gasteiger partial charge on any atom is -0.477 e. The van der Waals surface area contributed by atoms with Gasteiger partial charge in [-0.2, -0.15) is 5.10 Å². The van der Waals surface area contributed by atoms with Crippen LogP contribution in [0.3, 0.4) is 0 Å². The van der Waals surface area contributed by atoms with Crippen LogP contribution in [0.1, 0.15) is 5.69 Å². The zero-order valence-electron chi connectivity index (χ0n) is 18.9. The number of H-pyrrole nitrogens is 1. The van der Waals surface area contributed by atoms with E-state index >= 15 is 0 Å². The van der Waals surface area contributed by atoms with Crippen molar-refractivity contribution in [3.8, 4) is 0 Å². The average Bonchev–Trinajstić information content (AvgIpc) is 3.52. The van der Waals surface area contributed by atoms with E-state index in [1.54, 1.807) is 0 Å². The second-order valence-electron chi connectivity index (χ2n) is 7.62. The van der Waals surface area contributed by atoms with Gasteiger partial charge in [0.25, 0.3) is 11.8 Å². The monoisotopic (exact) mass is 562 g/mol. The Kier molecular flexibility index (Phi) is 6.61. The van der Waals surface area contributed by atoms with Gasteiger partial charge in [-0.1, -0.05) is 16.9 Å². The van der Waals surface area contributed by atoms with E-state index in [4.69, 9.17) is 16.3 Å². The summed E-state index contributed by atoms with van der Waals surface area (Å²) < 4.78 is 0. The summed E-state index contributed by atoms with van der Waals surface area (Å²) in [5.74, 6) is -1.71. The number of carboxylic acids is 1. The number of aliphatic carboxylic acids is 1. The Morgan fingerprint density at radius 1 is 1.38 bits per heavy atom. The Labute approximate surface area is 220 Å². The highest BCUT2D eigenvalue weighted by Gasteiger charge is 2.54. The molecule has 0 spiro atoms. The zero-order valence-corrected chi connectivity index (χ0v) is 21.3. The van der Waals surface area contributed by atoms with Gasteiger partial charge >= 0.3 is 5.97 Å². The summed E-state index contributed by atoms with van der Waals surface area (Å²) in [6, 6.07) is -0.954. The van der Waals surface area contributed by atoms with Crippen molar-refractivity contribution < 1.29 is 24.3 Å². The van der Waals surface area contributed by atoms with Crippen LogP contribution in [0.25, 0.3) is 11.0 Å². The van der Waals surface area contributed by atoms with Crippen molar-refractivity contribution in [1.29, 1.82) is 0 Å². The van der Waals surface area contributed by atoms with Gasteiger partial charge in [-0.3, -0.25) is 19.6 Å². The molecule has 0 unspecified atom stereocenters. The fourth-order valence-corrected chi connectivity index (χ4v) is 6.63. The lowest BCUT2D eigenvalue weighted by molar-refractivity contribution is -0.150. The number of hydrogen-bond acceptors (Lipinski definition) is 14. The van der Waals surface area contributed by atoms with E-state index in [0.29, 0.717) is 27.5 Å². The number of amides is 2. The number of aromatic amines is 1. The van der Waals surface area contributed by atoms with Gasteiger partial charge in [0, 0.05) is 16.9 Å². The first-order chi connectivity index (χ1) is 17.8. The lowest BCUT2D eigenvalue weighted by Crippen LogP contribution is -2.71. The number of anilines is 2. The van der Waals surface area contributed by atoms with Gasteiger partial charge in [-0.15, -0.1) is 23.1 Å². The van der Waals surface area contributed by atoms with Crippen LogP contribution in [0.5, 0.6) is 0 Å². The Bertz CT molecular complexity index is 1480. The van der Waals surface area contributed by atoms with Gasteiger partial charge in [0.1, 0.15) is 35.7 Å².